The maximum atomic E-state index is 11.1. The highest BCUT2D eigenvalue weighted by molar-refractivity contribution is 5.73. The Hall–Kier alpha value is -3.00. The summed E-state index contributed by atoms with van der Waals surface area (Å²) in [7, 11) is 0. The molecule has 1 heterocycles. The van der Waals surface area contributed by atoms with E-state index in [4.69, 9.17) is 9.84 Å². The van der Waals surface area contributed by atoms with Crippen molar-refractivity contribution in [2.24, 2.45) is 0 Å². The zero-order valence-corrected chi connectivity index (χ0v) is 12.7. The maximum Gasteiger partial charge on any atom is 0.405 e. The van der Waals surface area contributed by atoms with E-state index in [1.807, 2.05) is 43.3 Å². The molecular formula is C18H16N2O3. The number of nitrogens with one attached hydrogen (secondary N) is 1. The van der Waals surface area contributed by atoms with Crippen molar-refractivity contribution in [2.45, 2.75) is 18.9 Å². The van der Waals surface area contributed by atoms with E-state index in [1.165, 1.54) is 0 Å². The minimum atomic E-state index is -1.06. The van der Waals surface area contributed by atoms with Crippen molar-refractivity contribution >= 4 is 6.09 Å². The van der Waals surface area contributed by atoms with E-state index in [0.717, 1.165) is 16.7 Å². The number of nitrogens with zero attached hydrogens (tertiary/aromatic N) is 1. The number of nitriles is 1. The minimum Gasteiger partial charge on any atom is -0.493 e. The van der Waals surface area contributed by atoms with Crippen LogP contribution in [0.1, 0.15) is 24.5 Å². The summed E-state index contributed by atoms with van der Waals surface area (Å²) in [4.78, 5) is 11.1. The highest BCUT2D eigenvalue weighted by Crippen LogP contribution is 2.39. The van der Waals surface area contributed by atoms with E-state index in [0.29, 0.717) is 24.3 Å². The molecule has 0 bridgehead atoms. The Morgan fingerprint density at radius 2 is 2.13 bits per heavy atom. The quantitative estimate of drug-likeness (QED) is 0.889. The first-order valence-corrected chi connectivity index (χ1v) is 7.31. The fourth-order valence-electron chi connectivity index (χ4n) is 2.96. The van der Waals surface area contributed by atoms with E-state index < -0.39 is 11.6 Å². The van der Waals surface area contributed by atoms with Crippen molar-refractivity contribution in [1.82, 2.24) is 5.32 Å². The van der Waals surface area contributed by atoms with Gasteiger partial charge in [-0.05, 0) is 30.2 Å². The van der Waals surface area contributed by atoms with Crippen LogP contribution in [0, 0.1) is 11.3 Å². The Morgan fingerprint density at radius 1 is 1.35 bits per heavy atom. The number of benzene rings is 2. The zero-order chi connectivity index (χ0) is 16.4. The molecule has 0 aromatic heterocycles. The Balaban J connectivity index is 2.07. The molecule has 0 fully saturated rings. The second-order valence-electron chi connectivity index (χ2n) is 5.73. The third kappa shape index (κ3) is 2.71. The number of amides is 1. The molecule has 5 nitrogen and oxygen atoms in total. The van der Waals surface area contributed by atoms with Crippen LogP contribution >= 0.6 is 0 Å². The Bertz CT molecular complexity index is 810. The topological polar surface area (TPSA) is 82.3 Å². The third-order valence-corrected chi connectivity index (χ3v) is 4.18. The molecule has 5 heteroatoms. The van der Waals surface area contributed by atoms with Crippen LogP contribution in [0.15, 0.2) is 42.5 Å². The molecule has 0 aliphatic carbocycles. The summed E-state index contributed by atoms with van der Waals surface area (Å²) in [5.74, 6) is 0.651. The summed E-state index contributed by atoms with van der Waals surface area (Å²) in [5.41, 5.74) is 2.44. The van der Waals surface area contributed by atoms with Crippen molar-refractivity contribution in [3.8, 4) is 22.9 Å². The molecule has 1 aliphatic heterocycles. The summed E-state index contributed by atoms with van der Waals surface area (Å²) in [6.45, 7) is 2.29. The average molecular weight is 308 g/mol. The zero-order valence-electron chi connectivity index (χ0n) is 12.7. The molecule has 2 aromatic rings. The smallest absolute Gasteiger partial charge is 0.405 e. The second-order valence-corrected chi connectivity index (χ2v) is 5.73. The van der Waals surface area contributed by atoms with Gasteiger partial charge in [-0.15, -0.1) is 0 Å². The van der Waals surface area contributed by atoms with Crippen molar-refractivity contribution in [3.05, 3.63) is 53.6 Å². The summed E-state index contributed by atoms with van der Waals surface area (Å²) in [5, 5.41) is 20.9. The summed E-state index contributed by atoms with van der Waals surface area (Å²) in [6, 6.07) is 15.2. The van der Waals surface area contributed by atoms with E-state index in [2.05, 4.69) is 11.4 Å². The van der Waals surface area contributed by atoms with E-state index in [9.17, 15) is 10.1 Å². The van der Waals surface area contributed by atoms with Gasteiger partial charge in [0.1, 0.15) is 5.75 Å². The van der Waals surface area contributed by atoms with Crippen LogP contribution in [0.5, 0.6) is 5.75 Å². The van der Waals surface area contributed by atoms with Gasteiger partial charge in [0, 0.05) is 12.0 Å². The molecule has 0 spiro atoms. The third-order valence-electron chi connectivity index (χ3n) is 4.18. The lowest BCUT2D eigenvalue weighted by molar-refractivity contribution is 0.158. The lowest BCUT2D eigenvalue weighted by atomic mass is 9.85. The molecule has 0 saturated carbocycles. The predicted octanol–water partition coefficient (Wildman–Crippen LogP) is 3.49. The molecule has 0 radical (unpaired) electrons. The first kappa shape index (κ1) is 14.9. The SMILES string of the molecule is CC1(NC(=O)O)CCOc2cc(-c3ccccc3C#N)ccc21. The summed E-state index contributed by atoms with van der Waals surface area (Å²) in [6.07, 6.45) is -0.486. The van der Waals surface area contributed by atoms with Crippen molar-refractivity contribution < 1.29 is 14.6 Å². The molecule has 116 valence electrons. The van der Waals surface area contributed by atoms with Crippen LogP contribution in [0.3, 0.4) is 0 Å². The number of carbonyl (C=O) groups is 1. The molecule has 0 saturated heterocycles. The highest BCUT2D eigenvalue weighted by atomic mass is 16.5. The van der Waals surface area contributed by atoms with Crippen LogP contribution in [-0.4, -0.2) is 17.8 Å². The molecular weight excluding hydrogens is 292 g/mol. The number of rotatable bonds is 2. The van der Waals surface area contributed by atoms with Gasteiger partial charge in [-0.25, -0.2) is 4.79 Å². The Morgan fingerprint density at radius 3 is 2.87 bits per heavy atom. The van der Waals surface area contributed by atoms with Gasteiger partial charge in [-0.2, -0.15) is 5.26 Å². The first-order valence-electron chi connectivity index (χ1n) is 7.31. The number of hydrogen-bond donors (Lipinski definition) is 2. The van der Waals surface area contributed by atoms with Gasteiger partial charge in [-0.1, -0.05) is 30.3 Å². The van der Waals surface area contributed by atoms with Crippen molar-refractivity contribution in [3.63, 3.8) is 0 Å². The second kappa shape index (κ2) is 5.65. The van der Waals surface area contributed by atoms with Gasteiger partial charge in [0.15, 0.2) is 0 Å². The lowest BCUT2D eigenvalue weighted by Gasteiger charge is -2.35. The largest absolute Gasteiger partial charge is 0.493 e. The predicted molar refractivity (Wildman–Crippen MR) is 85.2 cm³/mol. The normalized spacial score (nSPS) is 19.1. The van der Waals surface area contributed by atoms with Gasteiger partial charge in [0.25, 0.3) is 0 Å². The molecule has 1 amide bonds. The lowest BCUT2D eigenvalue weighted by Crippen LogP contribution is -2.46. The molecule has 1 atom stereocenters. The maximum absolute atomic E-state index is 11.1. The minimum absolute atomic E-state index is 0.438. The van der Waals surface area contributed by atoms with Crippen molar-refractivity contribution in [1.29, 1.82) is 5.26 Å². The number of fused-ring (bicyclic) bond motifs is 1. The Labute approximate surface area is 134 Å². The van der Waals surface area contributed by atoms with Gasteiger partial charge < -0.3 is 15.2 Å². The van der Waals surface area contributed by atoms with E-state index >= 15 is 0 Å². The van der Waals surface area contributed by atoms with Gasteiger partial charge in [-0.3, -0.25) is 0 Å². The van der Waals surface area contributed by atoms with Gasteiger partial charge >= 0.3 is 6.09 Å². The van der Waals surface area contributed by atoms with Crippen LogP contribution in [-0.2, 0) is 5.54 Å². The molecule has 1 unspecified atom stereocenters. The fraction of sp³-hybridized carbons (Fsp3) is 0.222. The molecule has 23 heavy (non-hydrogen) atoms. The summed E-state index contributed by atoms with van der Waals surface area (Å²) >= 11 is 0. The molecule has 2 N–H and O–H groups in total. The monoisotopic (exact) mass is 308 g/mol. The molecule has 3 rings (SSSR count). The van der Waals surface area contributed by atoms with Gasteiger partial charge in [0.05, 0.1) is 23.8 Å². The number of hydrogen-bond acceptors (Lipinski definition) is 3. The summed E-state index contributed by atoms with van der Waals surface area (Å²) < 4.78 is 5.72. The van der Waals surface area contributed by atoms with E-state index in [1.54, 1.807) is 6.07 Å². The van der Waals surface area contributed by atoms with Crippen molar-refractivity contribution in [2.75, 3.05) is 6.61 Å². The number of ether oxygens (including phenoxy) is 1. The molecule has 1 aliphatic rings. The fourth-order valence-corrected chi connectivity index (χ4v) is 2.96. The van der Waals surface area contributed by atoms with Crippen LogP contribution < -0.4 is 10.1 Å². The first-order chi connectivity index (χ1) is 11.0. The molecule has 2 aromatic carbocycles. The van der Waals surface area contributed by atoms with Crippen LogP contribution in [0.4, 0.5) is 4.79 Å². The van der Waals surface area contributed by atoms with Crippen LogP contribution in [0.2, 0.25) is 0 Å². The Kier molecular flexibility index (Phi) is 3.67. The standard InChI is InChI=1S/C18H16N2O3/c1-18(20-17(21)22)8-9-23-16-10-12(6-7-15(16)18)14-5-3-2-4-13(14)11-19/h2-7,10,20H,8-9H2,1H3,(H,21,22). The van der Waals surface area contributed by atoms with Gasteiger partial charge in [0.2, 0.25) is 0 Å². The van der Waals surface area contributed by atoms with E-state index in [-0.39, 0.29) is 0 Å². The average Bonchev–Trinajstić information content (AvgIpc) is 2.53. The number of carboxylic acid groups (broad SMARTS) is 1. The van der Waals surface area contributed by atoms with Crippen LogP contribution in [0.25, 0.3) is 11.1 Å². The highest BCUT2D eigenvalue weighted by Gasteiger charge is 2.35.